The summed E-state index contributed by atoms with van der Waals surface area (Å²) >= 11 is 0. The van der Waals surface area contributed by atoms with Crippen molar-refractivity contribution in [3.8, 4) is 0 Å². The summed E-state index contributed by atoms with van der Waals surface area (Å²) in [4.78, 5) is 15.1. The number of hydrogen-bond acceptors (Lipinski definition) is 2. The van der Waals surface area contributed by atoms with Crippen molar-refractivity contribution in [2.75, 3.05) is 19.6 Å². The van der Waals surface area contributed by atoms with Gasteiger partial charge in [-0.05, 0) is 23.5 Å². The SMILES string of the molecule is C=CCN1CC(C(=O)NCc2ccccc2)CC(c2ccccc2)C1. The van der Waals surface area contributed by atoms with E-state index in [0.29, 0.717) is 12.5 Å². The Hall–Kier alpha value is -2.39. The Balaban J connectivity index is 1.66. The van der Waals surface area contributed by atoms with Gasteiger partial charge in [-0.15, -0.1) is 6.58 Å². The topological polar surface area (TPSA) is 32.3 Å². The Bertz CT molecular complexity index is 684. The van der Waals surface area contributed by atoms with Crippen molar-refractivity contribution in [2.24, 2.45) is 5.92 Å². The van der Waals surface area contributed by atoms with Crippen molar-refractivity contribution < 1.29 is 4.79 Å². The van der Waals surface area contributed by atoms with Gasteiger partial charge in [0.1, 0.15) is 0 Å². The van der Waals surface area contributed by atoms with E-state index >= 15 is 0 Å². The maximum atomic E-state index is 12.7. The van der Waals surface area contributed by atoms with Gasteiger partial charge in [0.05, 0.1) is 5.92 Å². The van der Waals surface area contributed by atoms with Crippen LogP contribution in [0.4, 0.5) is 0 Å². The van der Waals surface area contributed by atoms with E-state index in [2.05, 4.69) is 41.1 Å². The number of piperidine rings is 1. The molecule has 3 rings (SSSR count). The van der Waals surface area contributed by atoms with Crippen LogP contribution in [0, 0.1) is 5.92 Å². The van der Waals surface area contributed by atoms with Crippen LogP contribution < -0.4 is 5.32 Å². The van der Waals surface area contributed by atoms with Crippen LogP contribution >= 0.6 is 0 Å². The molecule has 2 aromatic carbocycles. The highest BCUT2D eigenvalue weighted by atomic mass is 16.1. The van der Waals surface area contributed by atoms with Crippen molar-refractivity contribution in [1.82, 2.24) is 10.2 Å². The smallest absolute Gasteiger partial charge is 0.224 e. The van der Waals surface area contributed by atoms with Crippen LogP contribution in [-0.4, -0.2) is 30.4 Å². The van der Waals surface area contributed by atoms with Gasteiger partial charge in [0.25, 0.3) is 0 Å². The van der Waals surface area contributed by atoms with Crippen LogP contribution in [0.25, 0.3) is 0 Å². The van der Waals surface area contributed by atoms with Gasteiger partial charge in [0.2, 0.25) is 5.91 Å². The summed E-state index contributed by atoms with van der Waals surface area (Å²) in [6.07, 6.45) is 2.82. The van der Waals surface area contributed by atoms with Crippen molar-refractivity contribution in [1.29, 1.82) is 0 Å². The normalized spacial score (nSPS) is 20.8. The van der Waals surface area contributed by atoms with Crippen molar-refractivity contribution in [3.63, 3.8) is 0 Å². The number of rotatable bonds is 6. The molecule has 2 atom stereocenters. The number of nitrogens with one attached hydrogen (secondary N) is 1. The highest BCUT2D eigenvalue weighted by Crippen LogP contribution is 2.30. The molecule has 1 aliphatic rings. The first-order chi connectivity index (χ1) is 12.3. The predicted octanol–water partition coefficient (Wildman–Crippen LogP) is 3.59. The number of hydrogen-bond donors (Lipinski definition) is 1. The quantitative estimate of drug-likeness (QED) is 0.819. The monoisotopic (exact) mass is 334 g/mol. The number of carbonyl (C=O) groups excluding carboxylic acids is 1. The van der Waals surface area contributed by atoms with Crippen LogP contribution in [0.1, 0.15) is 23.5 Å². The van der Waals surface area contributed by atoms with Gasteiger partial charge in [0, 0.05) is 26.2 Å². The molecule has 0 saturated carbocycles. The Kier molecular flexibility index (Phi) is 6.02. The molecule has 0 aliphatic carbocycles. The van der Waals surface area contributed by atoms with Gasteiger partial charge < -0.3 is 5.32 Å². The van der Waals surface area contributed by atoms with E-state index in [1.54, 1.807) is 0 Å². The number of amides is 1. The second-order valence-electron chi connectivity index (χ2n) is 6.75. The molecule has 2 unspecified atom stereocenters. The standard InChI is InChI=1S/C22H26N2O/c1-2-13-24-16-20(19-11-7-4-8-12-19)14-21(17-24)22(25)23-15-18-9-5-3-6-10-18/h2-12,20-21H,1,13-17H2,(H,23,25). The Morgan fingerprint density at radius 2 is 1.76 bits per heavy atom. The zero-order valence-electron chi connectivity index (χ0n) is 14.6. The Labute approximate surface area is 150 Å². The highest BCUT2D eigenvalue weighted by Gasteiger charge is 2.31. The van der Waals surface area contributed by atoms with Crippen molar-refractivity contribution >= 4 is 5.91 Å². The fourth-order valence-electron chi connectivity index (χ4n) is 3.61. The minimum atomic E-state index is 0.0163. The number of nitrogens with zero attached hydrogens (tertiary/aromatic N) is 1. The molecule has 25 heavy (non-hydrogen) atoms. The van der Waals surface area contributed by atoms with Crippen LogP contribution in [0.5, 0.6) is 0 Å². The lowest BCUT2D eigenvalue weighted by atomic mass is 9.84. The van der Waals surface area contributed by atoms with Crippen LogP contribution in [0.3, 0.4) is 0 Å². The molecule has 3 nitrogen and oxygen atoms in total. The fourth-order valence-corrected chi connectivity index (χ4v) is 3.61. The molecule has 130 valence electrons. The molecule has 1 amide bonds. The molecule has 0 aromatic heterocycles. The minimum absolute atomic E-state index is 0.0163. The zero-order valence-corrected chi connectivity index (χ0v) is 14.6. The molecule has 2 aromatic rings. The van der Waals surface area contributed by atoms with Crippen LogP contribution in [0.15, 0.2) is 73.3 Å². The largest absolute Gasteiger partial charge is 0.352 e. The lowest BCUT2D eigenvalue weighted by Crippen LogP contribution is -2.45. The first-order valence-corrected chi connectivity index (χ1v) is 8.96. The second kappa shape index (κ2) is 8.63. The molecule has 0 radical (unpaired) electrons. The first kappa shape index (κ1) is 17.4. The maximum Gasteiger partial charge on any atom is 0.224 e. The van der Waals surface area contributed by atoms with E-state index in [0.717, 1.165) is 31.6 Å². The molecule has 1 N–H and O–H groups in total. The number of benzene rings is 2. The molecule has 1 aliphatic heterocycles. The summed E-state index contributed by atoms with van der Waals surface area (Å²) in [5, 5.41) is 3.11. The van der Waals surface area contributed by atoms with E-state index in [9.17, 15) is 4.79 Å². The maximum absolute atomic E-state index is 12.7. The summed E-state index contributed by atoms with van der Waals surface area (Å²) in [7, 11) is 0. The summed E-state index contributed by atoms with van der Waals surface area (Å²) in [6.45, 7) is 7.06. The van der Waals surface area contributed by atoms with E-state index in [4.69, 9.17) is 0 Å². The number of carbonyl (C=O) groups is 1. The lowest BCUT2D eigenvalue weighted by Gasteiger charge is -2.37. The molecule has 0 bridgehead atoms. The molecule has 3 heteroatoms. The third-order valence-electron chi connectivity index (χ3n) is 4.86. The predicted molar refractivity (Wildman–Crippen MR) is 102 cm³/mol. The fraction of sp³-hybridized carbons (Fsp3) is 0.318. The zero-order chi connectivity index (χ0) is 17.5. The van der Waals surface area contributed by atoms with Crippen molar-refractivity contribution in [2.45, 2.75) is 18.9 Å². The first-order valence-electron chi connectivity index (χ1n) is 8.96. The summed E-state index contributed by atoms with van der Waals surface area (Å²) in [6, 6.07) is 20.6. The molecule has 1 saturated heterocycles. The Morgan fingerprint density at radius 1 is 1.08 bits per heavy atom. The summed E-state index contributed by atoms with van der Waals surface area (Å²) < 4.78 is 0. The molecule has 1 fully saturated rings. The third kappa shape index (κ3) is 4.80. The second-order valence-corrected chi connectivity index (χ2v) is 6.75. The van der Waals surface area contributed by atoms with Gasteiger partial charge in [-0.3, -0.25) is 9.69 Å². The lowest BCUT2D eigenvalue weighted by molar-refractivity contribution is -0.127. The van der Waals surface area contributed by atoms with E-state index in [-0.39, 0.29) is 11.8 Å². The van der Waals surface area contributed by atoms with Crippen molar-refractivity contribution in [3.05, 3.63) is 84.4 Å². The number of likely N-dealkylation sites (tertiary alicyclic amines) is 1. The average molecular weight is 334 g/mol. The average Bonchev–Trinajstić information content (AvgIpc) is 2.67. The minimum Gasteiger partial charge on any atom is -0.352 e. The van der Waals surface area contributed by atoms with Crippen LogP contribution in [0.2, 0.25) is 0 Å². The Morgan fingerprint density at radius 3 is 2.44 bits per heavy atom. The molecule has 0 spiro atoms. The third-order valence-corrected chi connectivity index (χ3v) is 4.86. The van der Waals surface area contributed by atoms with Gasteiger partial charge in [-0.25, -0.2) is 0 Å². The van der Waals surface area contributed by atoms with Gasteiger partial charge in [-0.1, -0.05) is 66.7 Å². The van der Waals surface area contributed by atoms with E-state index in [1.807, 2.05) is 42.5 Å². The molecular weight excluding hydrogens is 308 g/mol. The van der Waals surface area contributed by atoms with Gasteiger partial charge in [0.15, 0.2) is 0 Å². The van der Waals surface area contributed by atoms with E-state index in [1.165, 1.54) is 5.56 Å². The van der Waals surface area contributed by atoms with Crippen LogP contribution in [-0.2, 0) is 11.3 Å². The summed E-state index contributed by atoms with van der Waals surface area (Å²) in [5.74, 6) is 0.559. The molecule has 1 heterocycles. The van der Waals surface area contributed by atoms with E-state index < -0.39 is 0 Å². The highest BCUT2D eigenvalue weighted by molar-refractivity contribution is 5.79. The summed E-state index contributed by atoms with van der Waals surface area (Å²) in [5.41, 5.74) is 2.45. The van der Waals surface area contributed by atoms with Gasteiger partial charge >= 0.3 is 0 Å². The van der Waals surface area contributed by atoms with Gasteiger partial charge in [-0.2, -0.15) is 0 Å². The molecular formula is C22H26N2O.